The van der Waals surface area contributed by atoms with Crippen LogP contribution in [-0.4, -0.2) is 66.3 Å². The van der Waals surface area contributed by atoms with Crippen molar-refractivity contribution in [3.8, 4) is 0 Å². The van der Waals surface area contributed by atoms with Crippen LogP contribution in [0.15, 0.2) is 65.8 Å². The molecule has 38 heavy (non-hydrogen) atoms. The first-order valence-corrected chi connectivity index (χ1v) is 13.8. The topological polar surface area (TPSA) is 95.7 Å². The first kappa shape index (κ1) is 31.2. The Morgan fingerprint density at radius 3 is 2.39 bits per heavy atom. The second-order valence-electron chi connectivity index (χ2n) is 10.5. The minimum Gasteiger partial charge on any atom is -0.369 e. The minimum absolute atomic E-state index is 0.00926. The van der Waals surface area contributed by atoms with Crippen molar-refractivity contribution in [2.75, 3.05) is 32.7 Å². The lowest BCUT2D eigenvalue weighted by molar-refractivity contribution is -0.145. The Labute approximate surface area is 228 Å². The van der Waals surface area contributed by atoms with Gasteiger partial charge in [0.2, 0.25) is 18.2 Å². The Balaban J connectivity index is 0.000000757. The highest BCUT2D eigenvalue weighted by atomic mass is 16.2. The van der Waals surface area contributed by atoms with Gasteiger partial charge in [-0.3, -0.25) is 19.3 Å². The molecule has 7 heteroatoms. The number of rotatable bonds is 11. The number of likely N-dealkylation sites (N-methyl/N-ethyl adjacent to an activating group) is 1. The Kier molecular flexibility index (Phi) is 13.2. The van der Waals surface area contributed by atoms with E-state index >= 15 is 0 Å². The average Bonchev–Trinajstić information content (AvgIpc) is 3.12. The molecule has 1 aromatic rings. The summed E-state index contributed by atoms with van der Waals surface area (Å²) in [5, 5.41) is 3.45. The van der Waals surface area contributed by atoms with Crippen LogP contribution in [0.4, 0.5) is 0 Å². The van der Waals surface area contributed by atoms with Gasteiger partial charge >= 0.3 is 0 Å². The third-order valence-electron chi connectivity index (χ3n) is 7.09. The van der Waals surface area contributed by atoms with Crippen LogP contribution in [0.3, 0.4) is 0 Å². The summed E-state index contributed by atoms with van der Waals surface area (Å²) in [6, 6.07) is 10.6. The number of hydrogen-bond donors (Lipinski definition) is 2. The third-order valence-corrected chi connectivity index (χ3v) is 7.09. The highest BCUT2D eigenvalue weighted by Crippen LogP contribution is 2.26. The molecule has 0 radical (unpaired) electrons. The number of amides is 3. The van der Waals surface area contributed by atoms with Gasteiger partial charge in [0, 0.05) is 25.6 Å². The van der Waals surface area contributed by atoms with Crippen molar-refractivity contribution >= 4 is 18.2 Å². The number of allylic oxidation sites excluding steroid dienone is 5. The number of piperidine rings is 1. The fourth-order valence-electron chi connectivity index (χ4n) is 4.65. The van der Waals surface area contributed by atoms with Gasteiger partial charge in [-0.15, -0.1) is 0 Å². The van der Waals surface area contributed by atoms with Crippen molar-refractivity contribution in [3.63, 3.8) is 0 Å². The zero-order valence-corrected chi connectivity index (χ0v) is 23.6. The number of benzene rings is 1. The van der Waals surface area contributed by atoms with Gasteiger partial charge in [0.05, 0.1) is 0 Å². The van der Waals surface area contributed by atoms with E-state index < -0.39 is 5.54 Å². The van der Waals surface area contributed by atoms with Crippen LogP contribution in [0.1, 0.15) is 58.9 Å². The molecule has 3 rings (SSSR count). The highest BCUT2D eigenvalue weighted by molar-refractivity contribution is 5.94. The van der Waals surface area contributed by atoms with E-state index in [4.69, 9.17) is 5.73 Å². The fraction of sp³-hybridized carbons (Fsp3) is 0.516. The molecule has 3 amide bonds. The lowest BCUT2D eigenvalue weighted by atomic mass is 9.85. The molecule has 0 bridgehead atoms. The van der Waals surface area contributed by atoms with Crippen molar-refractivity contribution < 1.29 is 14.4 Å². The first-order valence-electron chi connectivity index (χ1n) is 13.8. The Morgan fingerprint density at radius 2 is 1.82 bits per heavy atom. The van der Waals surface area contributed by atoms with E-state index in [1.807, 2.05) is 26.0 Å². The number of nitrogens with zero attached hydrogens (tertiary/aromatic N) is 2. The average molecular weight is 523 g/mol. The summed E-state index contributed by atoms with van der Waals surface area (Å²) in [6.07, 6.45) is 13.4. The molecule has 0 saturated carbocycles. The van der Waals surface area contributed by atoms with Crippen LogP contribution >= 0.6 is 0 Å². The number of nitrogens with one attached hydrogen (secondary N) is 1. The van der Waals surface area contributed by atoms with Crippen LogP contribution in [0.5, 0.6) is 0 Å². The molecule has 1 aromatic carbocycles. The van der Waals surface area contributed by atoms with Gasteiger partial charge in [0.15, 0.2) is 0 Å². The molecule has 7 nitrogen and oxygen atoms in total. The molecular formula is C31H46N4O3. The first-order chi connectivity index (χ1) is 18.2. The highest BCUT2D eigenvalue weighted by Gasteiger charge is 2.43. The number of primary amides is 1. The SMILES string of the molecule is CC(C)C(N)=O.CCNC1(C(=O)N(C=O)CC2=CC=C(C)C=CC2)CCN(CCCc2ccccc2)CC1. The summed E-state index contributed by atoms with van der Waals surface area (Å²) < 4.78 is 0. The summed E-state index contributed by atoms with van der Waals surface area (Å²) in [4.78, 5) is 39.2. The van der Waals surface area contributed by atoms with Gasteiger partial charge in [0.25, 0.3) is 0 Å². The lowest BCUT2D eigenvalue weighted by Crippen LogP contribution is -2.62. The molecule has 1 heterocycles. The maximum absolute atomic E-state index is 13.5. The Morgan fingerprint density at radius 1 is 1.16 bits per heavy atom. The number of aryl methyl sites for hydroxylation is 1. The van der Waals surface area contributed by atoms with Crippen molar-refractivity contribution in [1.82, 2.24) is 15.1 Å². The number of likely N-dealkylation sites (tertiary alicyclic amines) is 1. The predicted molar refractivity (Wildman–Crippen MR) is 154 cm³/mol. The molecule has 0 atom stereocenters. The molecule has 3 N–H and O–H groups in total. The molecule has 0 spiro atoms. The number of nitrogens with two attached hydrogens (primary N) is 1. The summed E-state index contributed by atoms with van der Waals surface area (Å²) in [5.74, 6) is -0.340. The number of carbonyl (C=O) groups excluding carboxylic acids is 3. The standard InChI is InChI=1S/C27H37N3O2.C4H9NO/c1-3-28-27(26(32)30(22-31)21-25-12-7-9-23(2)14-15-25)16-19-29(20-17-27)18-8-13-24-10-5-4-6-11-24;1-3(2)4(5)6/h4-7,9-11,14-15,22,28H,3,8,12-13,16-21H2,1-2H3;3H,1-2H3,(H2,5,6). The minimum atomic E-state index is -0.654. The molecule has 1 aliphatic carbocycles. The van der Waals surface area contributed by atoms with E-state index in [2.05, 4.69) is 52.7 Å². The maximum Gasteiger partial charge on any atom is 0.249 e. The molecule has 208 valence electrons. The summed E-state index contributed by atoms with van der Waals surface area (Å²) in [6.45, 7) is 11.4. The fourth-order valence-corrected chi connectivity index (χ4v) is 4.65. The van der Waals surface area contributed by atoms with E-state index in [1.165, 1.54) is 16.0 Å². The van der Waals surface area contributed by atoms with Gasteiger partial charge in [-0.05, 0) is 63.3 Å². The largest absolute Gasteiger partial charge is 0.369 e. The van der Waals surface area contributed by atoms with Gasteiger partial charge in [-0.1, -0.05) is 81.0 Å². The van der Waals surface area contributed by atoms with E-state index in [0.29, 0.717) is 19.5 Å². The molecule has 1 saturated heterocycles. The molecular weight excluding hydrogens is 476 g/mol. The van der Waals surface area contributed by atoms with E-state index in [0.717, 1.165) is 57.3 Å². The smallest absolute Gasteiger partial charge is 0.249 e. The van der Waals surface area contributed by atoms with Crippen LogP contribution in [0.25, 0.3) is 0 Å². The van der Waals surface area contributed by atoms with Gasteiger partial charge in [-0.25, -0.2) is 0 Å². The van der Waals surface area contributed by atoms with Crippen LogP contribution in [-0.2, 0) is 20.8 Å². The van der Waals surface area contributed by atoms with Crippen molar-refractivity contribution in [2.24, 2.45) is 11.7 Å². The van der Waals surface area contributed by atoms with E-state index in [1.54, 1.807) is 13.8 Å². The van der Waals surface area contributed by atoms with E-state index in [9.17, 15) is 14.4 Å². The second kappa shape index (κ2) is 16.0. The van der Waals surface area contributed by atoms with E-state index in [-0.39, 0.29) is 17.7 Å². The Bertz CT molecular complexity index is 990. The Hall–Kier alpha value is -3.03. The second-order valence-corrected chi connectivity index (χ2v) is 10.5. The van der Waals surface area contributed by atoms with Crippen molar-refractivity contribution in [1.29, 1.82) is 0 Å². The quantitative estimate of drug-likeness (QED) is 0.428. The normalized spacial score (nSPS) is 17.0. The zero-order chi connectivity index (χ0) is 28.0. The number of carbonyl (C=O) groups is 3. The van der Waals surface area contributed by atoms with Gasteiger partial charge in [-0.2, -0.15) is 0 Å². The third kappa shape index (κ3) is 10.0. The maximum atomic E-state index is 13.5. The predicted octanol–water partition coefficient (Wildman–Crippen LogP) is 4.01. The summed E-state index contributed by atoms with van der Waals surface area (Å²) >= 11 is 0. The lowest BCUT2D eigenvalue weighted by Gasteiger charge is -2.42. The summed E-state index contributed by atoms with van der Waals surface area (Å²) in [5.41, 5.74) is 7.76. The van der Waals surface area contributed by atoms with Crippen molar-refractivity contribution in [3.05, 3.63) is 71.3 Å². The molecule has 1 aliphatic heterocycles. The van der Waals surface area contributed by atoms with Crippen LogP contribution in [0, 0.1) is 5.92 Å². The number of imide groups is 1. The van der Waals surface area contributed by atoms with Crippen molar-refractivity contribution in [2.45, 2.75) is 65.3 Å². The molecule has 0 aromatic heterocycles. The molecule has 2 aliphatic rings. The van der Waals surface area contributed by atoms with Gasteiger partial charge in [0.1, 0.15) is 5.54 Å². The zero-order valence-electron chi connectivity index (χ0n) is 23.6. The summed E-state index contributed by atoms with van der Waals surface area (Å²) in [7, 11) is 0. The molecule has 1 fully saturated rings. The monoisotopic (exact) mass is 522 g/mol. The van der Waals surface area contributed by atoms with Gasteiger partial charge < -0.3 is 16.0 Å². The molecule has 0 unspecified atom stereocenters. The van der Waals surface area contributed by atoms with Crippen LogP contribution in [0.2, 0.25) is 0 Å². The van der Waals surface area contributed by atoms with Crippen LogP contribution < -0.4 is 11.1 Å². The number of hydrogen-bond acceptors (Lipinski definition) is 5.